The van der Waals surface area contributed by atoms with Crippen molar-refractivity contribution < 1.29 is 18.0 Å². The van der Waals surface area contributed by atoms with Gasteiger partial charge in [-0.15, -0.1) is 0 Å². The van der Waals surface area contributed by atoms with E-state index < -0.39 is 12.1 Å². The molecule has 0 saturated heterocycles. The van der Waals surface area contributed by atoms with Crippen molar-refractivity contribution in [2.24, 2.45) is 23.7 Å². The first-order valence-corrected chi connectivity index (χ1v) is 11.5. The number of nitrogens with zero attached hydrogens (tertiary/aromatic N) is 1. The van der Waals surface area contributed by atoms with Crippen molar-refractivity contribution in [2.75, 3.05) is 7.05 Å². The van der Waals surface area contributed by atoms with Crippen LogP contribution in [0.1, 0.15) is 68.8 Å². The van der Waals surface area contributed by atoms with Crippen LogP contribution in [0.5, 0.6) is 0 Å². The molecule has 8 heteroatoms. The van der Waals surface area contributed by atoms with E-state index in [2.05, 4.69) is 22.2 Å². The summed E-state index contributed by atoms with van der Waals surface area (Å²) >= 11 is 0. The summed E-state index contributed by atoms with van der Waals surface area (Å²) < 4.78 is 37.7. The lowest BCUT2D eigenvalue weighted by molar-refractivity contribution is -0.185. The van der Waals surface area contributed by atoms with Crippen molar-refractivity contribution >= 4 is 16.8 Å². The zero-order valence-corrected chi connectivity index (χ0v) is 18.7. The van der Waals surface area contributed by atoms with Crippen LogP contribution < -0.4 is 10.7 Å². The molecule has 2 saturated carbocycles. The van der Waals surface area contributed by atoms with Gasteiger partial charge in [-0.2, -0.15) is 13.2 Å². The highest BCUT2D eigenvalue weighted by molar-refractivity contribution is 6.03. The second kappa shape index (κ2) is 10.5. The summed E-state index contributed by atoms with van der Waals surface area (Å²) in [5, 5.41) is 2.77. The maximum atomic E-state index is 12.6. The van der Waals surface area contributed by atoms with Gasteiger partial charge in [-0.1, -0.05) is 26.2 Å². The van der Waals surface area contributed by atoms with E-state index in [1.165, 1.54) is 51.2 Å². The number of hydrogen-bond donors (Lipinski definition) is 2. The summed E-state index contributed by atoms with van der Waals surface area (Å²) in [5.41, 5.74) is 0.545. The van der Waals surface area contributed by atoms with E-state index >= 15 is 0 Å². The van der Waals surface area contributed by atoms with Crippen LogP contribution in [0.25, 0.3) is 10.9 Å². The molecule has 176 valence electrons. The van der Waals surface area contributed by atoms with E-state index in [0.717, 1.165) is 18.8 Å². The Morgan fingerprint density at radius 3 is 2.44 bits per heavy atom. The van der Waals surface area contributed by atoms with Gasteiger partial charge < -0.3 is 10.3 Å². The third-order valence-corrected chi connectivity index (χ3v) is 6.99. The molecule has 2 N–H and O–H groups in total. The van der Waals surface area contributed by atoms with Crippen molar-refractivity contribution in [3.63, 3.8) is 0 Å². The third kappa shape index (κ3) is 5.90. The van der Waals surface area contributed by atoms with Gasteiger partial charge in [-0.05, 0) is 55.9 Å². The number of halogens is 3. The molecule has 2 aliphatic rings. The molecule has 4 rings (SSSR count). The number of aromatic amines is 1. The SMILES string of the molecule is CNC(=O)c1nccc2[nH]ccc(=O)c12.C[C@H]1CCCC(C2CCC(C(F)(F)F)CC2)C1. The molecule has 32 heavy (non-hydrogen) atoms. The second-order valence-corrected chi connectivity index (χ2v) is 9.19. The maximum absolute atomic E-state index is 12.6. The van der Waals surface area contributed by atoms with Crippen LogP contribution in [0.2, 0.25) is 0 Å². The van der Waals surface area contributed by atoms with Crippen LogP contribution in [-0.2, 0) is 0 Å². The van der Waals surface area contributed by atoms with Gasteiger partial charge in [0.2, 0.25) is 0 Å². The van der Waals surface area contributed by atoms with Gasteiger partial charge in [0.1, 0.15) is 5.69 Å². The Hall–Kier alpha value is -2.38. The molecule has 0 radical (unpaired) electrons. The second-order valence-electron chi connectivity index (χ2n) is 9.19. The number of alkyl halides is 3. The van der Waals surface area contributed by atoms with Crippen LogP contribution >= 0.6 is 0 Å². The van der Waals surface area contributed by atoms with Gasteiger partial charge in [0.15, 0.2) is 5.43 Å². The molecule has 2 aromatic heterocycles. The van der Waals surface area contributed by atoms with E-state index in [1.807, 2.05) is 0 Å². The van der Waals surface area contributed by atoms with Crippen LogP contribution in [0, 0.1) is 23.7 Å². The van der Waals surface area contributed by atoms with E-state index in [1.54, 1.807) is 6.07 Å². The highest BCUT2D eigenvalue weighted by Gasteiger charge is 2.42. The summed E-state index contributed by atoms with van der Waals surface area (Å²) in [6.45, 7) is 2.29. The van der Waals surface area contributed by atoms with E-state index in [4.69, 9.17) is 0 Å². The first kappa shape index (κ1) is 24.3. The molecule has 0 aromatic carbocycles. The van der Waals surface area contributed by atoms with Gasteiger partial charge in [0.25, 0.3) is 5.91 Å². The summed E-state index contributed by atoms with van der Waals surface area (Å²) in [5.74, 6) is 0.704. The molecule has 2 fully saturated rings. The predicted molar refractivity (Wildman–Crippen MR) is 118 cm³/mol. The third-order valence-electron chi connectivity index (χ3n) is 6.99. The van der Waals surface area contributed by atoms with E-state index in [0.29, 0.717) is 35.6 Å². The quantitative estimate of drug-likeness (QED) is 0.636. The lowest BCUT2D eigenvalue weighted by Gasteiger charge is -2.38. The molecule has 2 aliphatic carbocycles. The highest BCUT2D eigenvalue weighted by atomic mass is 19.4. The Kier molecular flexibility index (Phi) is 7.96. The van der Waals surface area contributed by atoms with Gasteiger partial charge in [0, 0.05) is 25.5 Å². The van der Waals surface area contributed by atoms with Gasteiger partial charge in [-0.3, -0.25) is 14.6 Å². The largest absolute Gasteiger partial charge is 0.391 e. The number of hydrogen-bond acceptors (Lipinski definition) is 3. The molecule has 0 spiro atoms. The Morgan fingerprint density at radius 2 is 1.81 bits per heavy atom. The topological polar surface area (TPSA) is 74.8 Å². The minimum absolute atomic E-state index is 0.150. The molecule has 1 unspecified atom stereocenters. The lowest BCUT2D eigenvalue weighted by Crippen LogP contribution is -2.31. The molecule has 1 amide bonds. The zero-order chi connectivity index (χ0) is 23.3. The van der Waals surface area contributed by atoms with Gasteiger partial charge >= 0.3 is 6.18 Å². The number of rotatable bonds is 2. The maximum Gasteiger partial charge on any atom is 0.391 e. The highest BCUT2D eigenvalue weighted by Crippen LogP contribution is 2.45. The predicted octanol–water partition coefficient (Wildman–Crippen LogP) is 5.46. The summed E-state index contributed by atoms with van der Waals surface area (Å²) in [6, 6.07) is 3.03. The minimum atomic E-state index is -3.95. The number of H-pyrrole nitrogens is 1. The molecule has 5 nitrogen and oxygen atoms in total. The standard InChI is InChI=1S/C14H23F3.C10H9N3O2/c1-10-3-2-4-12(9-10)11-5-7-13(8-6-11)14(15,16)17;1-11-10(15)9-8-6(2-4-13-9)12-5-3-7(8)14/h10-13H,2-9H2,1H3;2-5H,1H3,(H,11,15)(H,12,14)/t10-,11?,12?,13?;/m0./s1. The number of carbonyl (C=O) groups excluding carboxylic acids is 1. The molecule has 0 aliphatic heterocycles. The number of nitrogens with one attached hydrogen (secondary N) is 2. The fourth-order valence-corrected chi connectivity index (χ4v) is 5.24. The zero-order valence-electron chi connectivity index (χ0n) is 18.7. The van der Waals surface area contributed by atoms with E-state index in [-0.39, 0.29) is 17.0 Å². The lowest BCUT2D eigenvalue weighted by atomic mass is 9.69. The van der Waals surface area contributed by atoms with Crippen LogP contribution in [0.15, 0.2) is 29.3 Å². The van der Waals surface area contributed by atoms with Crippen molar-refractivity contribution in [3.8, 4) is 0 Å². The summed E-state index contributed by atoms with van der Waals surface area (Å²) in [7, 11) is 1.50. The minimum Gasteiger partial charge on any atom is -0.361 e. The van der Waals surface area contributed by atoms with Crippen molar-refractivity contribution in [2.45, 2.75) is 64.5 Å². The van der Waals surface area contributed by atoms with Gasteiger partial charge in [0.05, 0.1) is 16.8 Å². The van der Waals surface area contributed by atoms with Crippen LogP contribution in [0.4, 0.5) is 13.2 Å². The number of fused-ring (bicyclic) bond motifs is 1. The smallest absolute Gasteiger partial charge is 0.361 e. The van der Waals surface area contributed by atoms with Crippen LogP contribution in [-0.4, -0.2) is 29.1 Å². The number of amides is 1. The average Bonchev–Trinajstić information content (AvgIpc) is 2.78. The van der Waals surface area contributed by atoms with Crippen molar-refractivity contribution in [1.82, 2.24) is 15.3 Å². The fourth-order valence-electron chi connectivity index (χ4n) is 5.24. The first-order chi connectivity index (χ1) is 15.2. The molecule has 2 aromatic rings. The number of pyridine rings is 2. The Morgan fingerprint density at radius 1 is 1.09 bits per heavy atom. The van der Waals surface area contributed by atoms with Crippen LogP contribution in [0.3, 0.4) is 0 Å². The number of carbonyl (C=O) groups is 1. The summed E-state index contributed by atoms with van der Waals surface area (Å²) in [4.78, 5) is 29.8. The average molecular weight is 452 g/mol. The Bertz CT molecular complexity index is 960. The summed E-state index contributed by atoms with van der Waals surface area (Å²) in [6.07, 6.45) is 6.54. The monoisotopic (exact) mass is 451 g/mol. The first-order valence-electron chi connectivity index (χ1n) is 11.5. The number of aromatic nitrogens is 2. The van der Waals surface area contributed by atoms with Crippen molar-refractivity contribution in [1.29, 1.82) is 0 Å². The fraction of sp³-hybridized carbons (Fsp3) is 0.625. The Balaban J connectivity index is 0.000000182. The molecule has 2 atom stereocenters. The van der Waals surface area contributed by atoms with Crippen molar-refractivity contribution in [3.05, 3.63) is 40.4 Å². The van der Waals surface area contributed by atoms with E-state index in [9.17, 15) is 22.8 Å². The molecular weight excluding hydrogens is 419 g/mol. The van der Waals surface area contributed by atoms with Gasteiger partial charge in [-0.25, -0.2) is 0 Å². The Labute approximate surface area is 186 Å². The molecule has 2 heterocycles. The normalized spacial score (nSPS) is 26.2. The molecule has 0 bridgehead atoms. The molecular formula is C24H32F3N3O2.